The molecule has 0 spiro atoms. The second-order valence-electron chi connectivity index (χ2n) is 5.08. The van der Waals surface area contributed by atoms with Gasteiger partial charge in [-0.15, -0.1) is 0 Å². The molecule has 0 aliphatic carbocycles. The quantitative estimate of drug-likeness (QED) is 0.875. The van der Waals surface area contributed by atoms with Crippen LogP contribution in [0.1, 0.15) is 11.3 Å². The number of nitrogens with zero attached hydrogens (tertiary/aromatic N) is 2. The summed E-state index contributed by atoms with van der Waals surface area (Å²) in [4.78, 5) is 12.1. The highest BCUT2D eigenvalue weighted by molar-refractivity contribution is 5.87. The number of fused-ring (bicyclic) bond motifs is 1. The molecule has 104 valence electrons. The van der Waals surface area contributed by atoms with Crippen LogP contribution in [0.2, 0.25) is 0 Å². The fraction of sp³-hybridized carbons (Fsp3) is 0.333. The van der Waals surface area contributed by atoms with E-state index in [2.05, 4.69) is 21.8 Å². The van der Waals surface area contributed by atoms with E-state index in [-0.39, 0.29) is 11.9 Å². The monoisotopic (exact) mass is 270 g/mol. The fourth-order valence-corrected chi connectivity index (χ4v) is 2.49. The zero-order valence-electron chi connectivity index (χ0n) is 11.5. The molecule has 0 bridgehead atoms. The summed E-state index contributed by atoms with van der Waals surface area (Å²) in [5, 5.41) is 10.5. The molecule has 0 saturated heterocycles. The number of amides is 1. The number of aromatic nitrogens is 2. The lowest BCUT2D eigenvalue weighted by atomic mass is 10.1. The number of hydrogen-bond acceptors (Lipinski definition) is 3. The first-order valence-electron chi connectivity index (χ1n) is 6.83. The van der Waals surface area contributed by atoms with Crippen LogP contribution in [-0.2, 0) is 24.7 Å². The number of anilines is 1. The van der Waals surface area contributed by atoms with E-state index in [1.165, 1.54) is 5.56 Å². The van der Waals surface area contributed by atoms with Crippen molar-refractivity contribution in [3.63, 3.8) is 0 Å². The second-order valence-corrected chi connectivity index (χ2v) is 5.08. The zero-order valence-corrected chi connectivity index (χ0v) is 11.5. The van der Waals surface area contributed by atoms with Gasteiger partial charge in [-0.2, -0.15) is 5.10 Å². The lowest BCUT2D eigenvalue weighted by Crippen LogP contribution is -2.39. The van der Waals surface area contributed by atoms with Crippen LogP contribution in [0.3, 0.4) is 0 Å². The number of benzene rings is 1. The Balaban J connectivity index is 1.49. The fourth-order valence-electron chi connectivity index (χ4n) is 2.49. The van der Waals surface area contributed by atoms with Crippen LogP contribution < -0.4 is 10.6 Å². The third kappa shape index (κ3) is 2.66. The van der Waals surface area contributed by atoms with Crippen molar-refractivity contribution >= 4 is 11.6 Å². The molecule has 1 atom stereocenters. The molecule has 1 aromatic carbocycles. The zero-order chi connectivity index (χ0) is 13.9. The summed E-state index contributed by atoms with van der Waals surface area (Å²) < 4.78 is 1.77. The Kier molecular flexibility index (Phi) is 3.41. The maximum atomic E-state index is 12.1. The lowest BCUT2D eigenvalue weighted by Gasteiger charge is -2.11. The van der Waals surface area contributed by atoms with Crippen molar-refractivity contribution in [1.82, 2.24) is 15.1 Å². The van der Waals surface area contributed by atoms with Gasteiger partial charge in [0.2, 0.25) is 5.91 Å². The number of carbonyl (C=O) groups is 1. The summed E-state index contributed by atoms with van der Waals surface area (Å²) in [5.41, 5.74) is 3.27. The SMILES string of the molecule is Cn1ccc(CCNC(=O)[C@@H]2Cc3ccccc3N2)n1. The summed E-state index contributed by atoms with van der Waals surface area (Å²) in [5.74, 6) is 0.0529. The highest BCUT2D eigenvalue weighted by Crippen LogP contribution is 2.24. The number of aryl methyl sites for hydroxylation is 1. The first-order chi connectivity index (χ1) is 9.72. The average Bonchev–Trinajstić information content (AvgIpc) is 3.04. The Bertz CT molecular complexity index is 595. The average molecular weight is 270 g/mol. The van der Waals surface area contributed by atoms with E-state index in [1.54, 1.807) is 4.68 Å². The Hall–Kier alpha value is -2.30. The minimum atomic E-state index is -0.156. The molecule has 3 rings (SSSR count). The van der Waals surface area contributed by atoms with Gasteiger partial charge in [-0.25, -0.2) is 0 Å². The van der Waals surface area contributed by atoms with Crippen LogP contribution in [0.25, 0.3) is 0 Å². The maximum absolute atomic E-state index is 12.1. The standard InChI is InChI=1S/C15H18N4O/c1-19-9-7-12(18-19)6-8-16-15(20)14-10-11-4-2-3-5-13(11)17-14/h2-5,7,9,14,17H,6,8,10H2,1H3,(H,16,20)/t14-/m0/s1. The van der Waals surface area contributed by atoms with Crippen molar-refractivity contribution in [2.24, 2.45) is 7.05 Å². The number of hydrogen-bond donors (Lipinski definition) is 2. The molecule has 0 radical (unpaired) electrons. The molecule has 5 heteroatoms. The highest BCUT2D eigenvalue weighted by atomic mass is 16.2. The van der Waals surface area contributed by atoms with Gasteiger partial charge < -0.3 is 10.6 Å². The molecule has 1 aliphatic rings. The Labute approximate surface area is 118 Å². The molecular weight excluding hydrogens is 252 g/mol. The Morgan fingerprint density at radius 2 is 2.30 bits per heavy atom. The molecule has 2 heterocycles. The van der Waals surface area contributed by atoms with Gasteiger partial charge in [-0.1, -0.05) is 18.2 Å². The van der Waals surface area contributed by atoms with Crippen LogP contribution >= 0.6 is 0 Å². The van der Waals surface area contributed by atoms with Gasteiger partial charge in [0.15, 0.2) is 0 Å². The van der Waals surface area contributed by atoms with Crippen molar-refractivity contribution in [3.8, 4) is 0 Å². The molecule has 20 heavy (non-hydrogen) atoms. The number of nitrogens with one attached hydrogen (secondary N) is 2. The molecule has 0 saturated carbocycles. The number of rotatable bonds is 4. The van der Waals surface area contributed by atoms with Crippen molar-refractivity contribution in [1.29, 1.82) is 0 Å². The van der Waals surface area contributed by atoms with E-state index in [0.717, 1.165) is 24.2 Å². The Morgan fingerprint density at radius 1 is 1.45 bits per heavy atom. The summed E-state index contributed by atoms with van der Waals surface area (Å²) in [6, 6.07) is 9.86. The first kappa shape index (κ1) is 12.7. The maximum Gasteiger partial charge on any atom is 0.242 e. The second kappa shape index (κ2) is 5.36. The van der Waals surface area contributed by atoms with Crippen molar-refractivity contribution in [2.45, 2.75) is 18.9 Å². The highest BCUT2D eigenvalue weighted by Gasteiger charge is 2.25. The molecule has 2 aromatic rings. The topological polar surface area (TPSA) is 59.0 Å². The van der Waals surface area contributed by atoms with Gasteiger partial charge >= 0.3 is 0 Å². The molecule has 2 N–H and O–H groups in total. The van der Waals surface area contributed by atoms with Gasteiger partial charge in [0.05, 0.1) is 5.69 Å². The van der Waals surface area contributed by atoms with Crippen molar-refractivity contribution < 1.29 is 4.79 Å². The minimum Gasteiger partial charge on any atom is -0.373 e. The molecule has 0 unspecified atom stereocenters. The van der Waals surface area contributed by atoms with Gasteiger partial charge in [0.25, 0.3) is 0 Å². The third-order valence-corrected chi connectivity index (χ3v) is 3.54. The normalized spacial score (nSPS) is 16.6. The molecular formula is C15H18N4O. The minimum absolute atomic E-state index is 0.0529. The van der Waals surface area contributed by atoms with E-state index in [4.69, 9.17) is 0 Å². The van der Waals surface area contributed by atoms with Crippen molar-refractivity contribution in [3.05, 3.63) is 47.8 Å². The molecule has 1 aliphatic heterocycles. The van der Waals surface area contributed by atoms with Gasteiger partial charge in [0, 0.05) is 38.3 Å². The van der Waals surface area contributed by atoms with Gasteiger partial charge in [-0.3, -0.25) is 9.48 Å². The first-order valence-corrected chi connectivity index (χ1v) is 6.83. The predicted octanol–water partition coefficient (Wildman–Crippen LogP) is 1.12. The molecule has 0 fully saturated rings. The van der Waals surface area contributed by atoms with E-state index in [1.807, 2.05) is 37.5 Å². The smallest absolute Gasteiger partial charge is 0.242 e. The summed E-state index contributed by atoms with van der Waals surface area (Å²) in [7, 11) is 1.89. The van der Waals surface area contributed by atoms with Crippen LogP contribution in [0.5, 0.6) is 0 Å². The number of para-hydroxylation sites is 1. The van der Waals surface area contributed by atoms with E-state index >= 15 is 0 Å². The summed E-state index contributed by atoms with van der Waals surface area (Å²) >= 11 is 0. The Morgan fingerprint density at radius 3 is 3.05 bits per heavy atom. The van der Waals surface area contributed by atoms with Crippen LogP contribution in [-0.4, -0.2) is 28.3 Å². The van der Waals surface area contributed by atoms with Crippen LogP contribution in [0.4, 0.5) is 5.69 Å². The lowest BCUT2D eigenvalue weighted by molar-refractivity contribution is -0.121. The predicted molar refractivity (Wildman–Crippen MR) is 77.5 cm³/mol. The molecule has 1 aromatic heterocycles. The summed E-state index contributed by atoms with van der Waals surface area (Å²) in [6.07, 6.45) is 3.42. The molecule has 1 amide bonds. The van der Waals surface area contributed by atoms with Crippen molar-refractivity contribution in [2.75, 3.05) is 11.9 Å². The van der Waals surface area contributed by atoms with Gasteiger partial charge in [-0.05, 0) is 17.7 Å². The largest absolute Gasteiger partial charge is 0.373 e. The van der Waals surface area contributed by atoms with E-state index in [9.17, 15) is 4.79 Å². The van der Waals surface area contributed by atoms with Gasteiger partial charge in [0.1, 0.15) is 6.04 Å². The van der Waals surface area contributed by atoms with E-state index in [0.29, 0.717) is 6.54 Å². The summed E-state index contributed by atoms with van der Waals surface area (Å²) in [6.45, 7) is 0.615. The number of carbonyl (C=O) groups excluding carboxylic acids is 1. The van der Waals surface area contributed by atoms with E-state index < -0.39 is 0 Å². The third-order valence-electron chi connectivity index (χ3n) is 3.54. The van der Waals surface area contributed by atoms with Crippen LogP contribution in [0.15, 0.2) is 36.5 Å². The molecule has 5 nitrogen and oxygen atoms in total. The van der Waals surface area contributed by atoms with Crippen LogP contribution in [0, 0.1) is 0 Å².